The Morgan fingerprint density at radius 2 is 1.90 bits per heavy atom. The number of nitrogens with one attached hydrogen (secondary N) is 1. The third-order valence-electron chi connectivity index (χ3n) is 5.09. The second-order valence-corrected chi connectivity index (χ2v) is 7.93. The van der Waals surface area contributed by atoms with Crippen molar-refractivity contribution in [1.29, 1.82) is 0 Å². The number of benzene rings is 2. The monoisotopic (exact) mass is 442 g/mol. The fraction of sp³-hybridized carbons (Fsp3) is 0.238. The van der Waals surface area contributed by atoms with Crippen LogP contribution in [0.1, 0.15) is 29.3 Å². The molecule has 0 bridgehead atoms. The highest BCUT2D eigenvalue weighted by atomic mass is 35.5. The van der Waals surface area contributed by atoms with Gasteiger partial charge in [0.1, 0.15) is 0 Å². The minimum absolute atomic E-state index is 0.244. The smallest absolute Gasteiger partial charge is 0.266 e. The second-order valence-electron chi connectivity index (χ2n) is 7.14. The quantitative estimate of drug-likeness (QED) is 0.645. The molecule has 7 nitrogen and oxygen atoms in total. The van der Waals surface area contributed by atoms with Crippen LogP contribution >= 0.6 is 23.2 Å². The van der Waals surface area contributed by atoms with Crippen LogP contribution in [0.5, 0.6) is 0 Å². The number of hydrogen-bond acceptors (Lipinski definition) is 5. The molecule has 9 heteroatoms. The number of nitrogens with zero attached hydrogens (tertiary/aromatic N) is 5. The Hall–Kier alpha value is -2.90. The zero-order valence-electron chi connectivity index (χ0n) is 16.6. The highest BCUT2D eigenvalue weighted by Crippen LogP contribution is 2.29. The van der Waals surface area contributed by atoms with Gasteiger partial charge in [-0.3, -0.25) is 4.79 Å². The van der Waals surface area contributed by atoms with Crippen molar-refractivity contribution in [2.24, 2.45) is 7.05 Å². The summed E-state index contributed by atoms with van der Waals surface area (Å²) in [6.07, 6.45) is 0.930. The highest BCUT2D eigenvalue weighted by molar-refractivity contribution is 6.44. The number of anilines is 2. The van der Waals surface area contributed by atoms with E-state index >= 15 is 0 Å². The van der Waals surface area contributed by atoms with E-state index in [0.29, 0.717) is 28.8 Å². The van der Waals surface area contributed by atoms with Crippen LogP contribution in [0.25, 0.3) is 5.57 Å². The molecule has 0 radical (unpaired) electrons. The molecule has 1 aromatic heterocycles. The number of aryl methyl sites for hydroxylation is 1. The van der Waals surface area contributed by atoms with E-state index in [2.05, 4.69) is 32.6 Å². The summed E-state index contributed by atoms with van der Waals surface area (Å²) in [5.41, 5.74) is 4.68. The van der Waals surface area contributed by atoms with Crippen LogP contribution in [0.2, 0.25) is 10.0 Å². The SMILES string of the molecule is CC1=C(c2ccc(NC(=O)c3cccc(Cl)c3Cl)cc2)CN(c2nnn(C)n2)CC1. The zero-order valence-corrected chi connectivity index (χ0v) is 18.1. The van der Waals surface area contributed by atoms with Crippen molar-refractivity contribution < 1.29 is 4.79 Å². The van der Waals surface area contributed by atoms with Crippen molar-refractivity contribution in [3.8, 4) is 0 Å². The number of carbonyl (C=O) groups is 1. The summed E-state index contributed by atoms with van der Waals surface area (Å²) in [5.74, 6) is 0.327. The first-order valence-electron chi connectivity index (χ1n) is 9.46. The van der Waals surface area contributed by atoms with Crippen LogP contribution in [0.3, 0.4) is 0 Å². The van der Waals surface area contributed by atoms with Crippen LogP contribution in [-0.4, -0.2) is 39.2 Å². The van der Waals surface area contributed by atoms with Crippen molar-refractivity contribution in [3.63, 3.8) is 0 Å². The fourth-order valence-electron chi connectivity index (χ4n) is 3.40. The van der Waals surface area contributed by atoms with E-state index in [1.165, 1.54) is 15.9 Å². The van der Waals surface area contributed by atoms with Crippen molar-refractivity contribution in [2.45, 2.75) is 13.3 Å². The Morgan fingerprint density at radius 1 is 1.13 bits per heavy atom. The van der Waals surface area contributed by atoms with Crippen LogP contribution in [0, 0.1) is 0 Å². The molecule has 0 saturated carbocycles. The van der Waals surface area contributed by atoms with Gasteiger partial charge in [0, 0.05) is 18.8 Å². The maximum absolute atomic E-state index is 12.5. The normalized spacial score (nSPS) is 14.2. The molecule has 2 heterocycles. The number of halogens is 2. The van der Waals surface area contributed by atoms with Gasteiger partial charge < -0.3 is 10.2 Å². The number of hydrogen-bond donors (Lipinski definition) is 1. The summed E-state index contributed by atoms with van der Waals surface area (Å²) in [4.78, 5) is 16.1. The molecule has 154 valence electrons. The fourth-order valence-corrected chi connectivity index (χ4v) is 3.79. The number of tetrazole rings is 1. The summed E-state index contributed by atoms with van der Waals surface area (Å²) < 4.78 is 0. The van der Waals surface area contributed by atoms with Crippen molar-refractivity contribution in [3.05, 3.63) is 69.2 Å². The van der Waals surface area contributed by atoms with Gasteiger partial charge in [0.05, 0.1) is 22.7 Å². The maximum Gasteiger partial charge on any atom is 0.266 e. The number of aromatic nitrogens is 4. The Morgan fingerprint density at radius 3 is 2.60 bits per heavy atom. The van der Waals surface area contributed by atoms with Gasteiger partial charge in [-0.2, -0.15) is 4.80 Å². The molecule has 1 aliphatic heterocycles. The van der Waals surface area contributed by atoms with Gasteiger partial charge in [-0.25, -0.2) is 0 Å². The topological polar surface area (TPSA) is 75.9 Å². The van der Waals surface area contributed by atoms with Gasteiger partial charge in [0.25, 0.3) is 11.9 Å². The van der Waals surface area contributed by atoms with Crippen LogP contribution in [-0.2, 0) is 7.05 Å². The zero-order chi connectivity index (χ0) is 21.3. The minimum atomic E-state index is -0.303. The predicted octanol–water partition coefficient (Wildman–Crippen LogP) is 4.45. The van der Waals surface area contributed by atoms with Crippen molar-refractivity contribution in [1.82, 2.24) is 20.2 Å². The van der Waals surface area contributed by atoms with Crippen LogP contribution in [0.15, 0.2) is 48.0 Å². The highest BCUT2D eigenvalue weighted by Gasteiger charge is 2.21. The first-order valence-corrected chi connectivity index (χ1v) is 10.2. The van der Waals surface area contributed by atoms with E-state index in [4.69, 9.17) is 23.2 Å². The van der Waals surface area contributed by atoms with Gasteiger partial charge in [0.2, 0.25) is 0 Å². The molecule has 0 spiro atoms. The summed E-state index contributed by atoms with van der Waals surface area (Å²) >= 11 is 12.1. The van der Waals surface area contributed by atoms with Gasteiger partial charge in [-0.1, -0.05) is 52.1 Å². The number of rotatable bonds is 4. The first-order chi connectivity index (χ1) is 14.4. The molecule has 0 fully saturated rings. The van der Waals surface area contributed by atoms with Crippen LogP contribution < -0.4 is 10.2 Å². The summed E-state index contributed by atoms with van der Waals surface area (Å²) in [7, 11) is 1.76. The van der Waals surface area contributed by atoms with Crippen LogP contribution in [0.4, 0.5) is 11.6 Å². The molecule has 0 atom stereocenters. The first kappa shape index (κ1) is 20.4. The van der Waals surface area contributed by atoms with Crippen molar-refractivity contribution in [2.75, 3.05) is 23.3 Å². The van der Waals surface area contributed by atoms with E-state index in [-0.39, 0.29) is 10.9 Å². The third-order valence-corrected chi connectivity index (χ3v) is 5.91. The van der Waals surface area contributed by atoms with E-state index in [1.54, 1.807) is 25.2 Å². The summed E-state index contributed by atoms with van der Waals surface area (Å²) in [6.45, 7) is 3.71. The minimum Gasteiger partial charge on any atom is -0.334 e. The Bertz CT molecular complexity index is 1120. The molecule has 1 amide bonds. The molecule has 0 unspecified atom stereocenters. The standard InChI is InChI=1S/C21H20Cl2N6O/c1-13-10-11-29(21-25-27-28(2)26-21)12-17(13)14-6-8-15(9-7-14)24-20(30)16-4-3-5-18(22)19(16)23/h3-9H,10-12H2,1-2H3,(H,24,30). The van der Waals surface area contributed by atoms with Gasteiger partial charge in [0.15, 0.2) is 0 Å². The lowest BCUT2D eigenvalue weighted by Crippen LogP contribution is -2.31. The molecule has 0 saturated heterocycles. The molecule has 2 aromatic carbocycles. The Balaban J connectivity index is 1.50. The third kappa shape index (κ3) is 4.17. The largest absolute Gasteiger partial charge is 0.334 e. The average Bonchev–Trinajstić information content (AvgIpc) is 3.17. The van der Waals surface area contributed by atoms with E-state index < -0.39 is 0 Å². The molecule has 1 aliphatic rings. The molecule has 1 N–H and O–H groups in total. The molecule has 3 aromatic rings. The van der Waals surface area contributed by atoms with Gasteiger partial charge in [-0.05, 0) is 54.0 Å². The lowest BCUT2D eigenvalue weighted by atomic mass is 9.95. The maximum atomic E-state index is 12.5. The number of amides is 1. The average molecular weight is 443 g/mol. The summed E-state index contributed by atoms with van der Waals surface area (Å²) in [5, 5.41) is 15.8. The molecular weight excluding hydrogens is 423 g/mol. The Kier molecular flexibility index (Phi) is 5.74. The Labute approximate surface area is 184 Å². The lowest BCUT2D eigenvalue weighted by molar-refractivity contribution is 0.102. The lowest BCUT2D eigenvalue weighted by Gasteiger charge is -2.29. The summed E-state index contributed by atoms with van der Waals surface area (Å²) in [6, 6.07) is 12.8. The predicted molar refractivity (Wildman–Crippen MR) is 119 cm³/mol. The molecule has 30 heavy (non-hydrogen) atoms. The van der Waals surface area contributed by atoms with Crippen molar-refractivity contribution >= 4 is 46.3 Å². The molecule has 4 rings (SSSR count). The van der Waals surface area contributed by atoms with E-state index in [1.807, 2.05) is 24.3 Å². The molecular formula is C21H20Cl2N6O. The molecule has 0 aliphatic carbocycles. The number of carbonyl (C=O) groups excluding carboxylic acids is 1. The second kappa shape index (κ2) is 8.45. The van der Waals surface area contributed by atoms with Gasteiger partial charge >= 0.3 is 0 Å². The van der Waals surface area contributed by atoms with E-state index in [0.717, 1.165) is 18.5 Å². The van der Waals surface area contributed by atoms with E-state index in [9.17, 15) is 4.79 Å². The van der Waals surface area contributed by atoms with Gasteiger partial charge in [-0.15, -0.1) is 5.10 Å².